The molecule has 0 aliphatic carbocycles. The highest BCUT2D eigenvalue weighted by Gasteiger charge is 2.31. The van der Waals surface area contributed by atoms with E-state index in [-0.39, 0.29) is 10.8 Å². The summed E-state index contributed by atoms with van der Waals surface area (Å²) in [6.45, 7) is 13.6. The van der Waals surface area contributed by atoms with Crippen LogP contribution >= 0.6 is 0 Å². The Balaban J connectivity index is 2.96. The van der Waals surface area contributed by atoms with Crippen LogP contribution in [0.1, 0.15) is 52.8 Å². The lowest BCUT2D eigenvalue weighted by atomic mass is 9.79. The van der Waals surface area contributed by atoms with Crippen molar-refractivity contribution in [3.8, 4) is 0 Å². The van der Waals surface area contributed by atoms with Crippen molar-refractivity contribution in [3.63, 3.8) is 0 Å². The molecule has 0 aliphatic heterocycles. The summed E-state index contributed by atoms with van der Waals surface area (Å²) in [5.74, 6) is 0. The van der Waals surface area contributed by atoms with E-state index in [0.717, 1.165) is 5.52 Å². The number of hydrogen-bond donors (Lipinski definition) is 0. The molecule has 0 radical (unpaired) electrons. The van der Waals surface area contributed by atoms with Crippen LogP contribution in [0.25, 0.3) is 11.0 Å². The van der Waals surface area contributed by atoms with Crippen molar-refractivity contribution in [2.45, 2.75) is 52.4 Å². The van der Waals surface area contributed by atoms with E-state index < -0.39 is 0 Å². The molecule has 0 saturated heterocycles. The molecule has 0 amide bonds. The maximum Gasteiger partial charge on any atom is 0.0921 e. The van der Waals surface area contributed by atoms with Gasteiger partial charge >= 0.3 is 0 Å². The van der Waals surface area contributed by atoms with E-state index in [1.165, 1.54) is 16.8 Å². The number of pyridine rings is 1. The second-order valence-electron chi connectivity index (χ2n) is 7.15. The third-order valence-corrected chi connectivity index (χ3v) is 3.42. The highest BCUT2D eigenvalue weighted by Crippen LogP contribution is 2.39. The molecule has 2 heterocycles. The van der Waals surface area contributed by atoms with Gasteiger partial charge in [-0.15, -0.1) is 0 Å². The first-order valence-electron chi connectivity index (χ1n) is 6.58. The molecule has 0 aromatic carbocycles. The zero-order valence-corrected chi connectivity index (χ0v) is 12.6. The third-order valence-electron chi connectivity index (χ3n) is 3.42. The van der Waals surface area contributed by atoms with Crippen LogP contribution in [-0.4, -0.2) is 9.55 Å². The van der Waals surface area contributed by atoms with E-state index in [2.05, 4.69) is 64.2 Å². The molecule has 2 nitrogen and oxygen atoms in total. The first-order chi connectivity index (χ1) is 8.14. The summed E-state index contributed by atoms with van der Waals surface area (Å²) in [5, 5.41) is 0. The Bertz CT molecular complexity index is 577. The molecule has 2 heteroatoms. The quantitative estimate of drug-likeness (QED) is 0.680. The van der Waals surface area contributed by atoms with Crippen molar-refractivity contribution in [1.82, 2.24) is 9.55 Å². The predicted molar refractivity (Wildman–Crippen MR) is 78.1 cm³/mol. The zero-order valence-electron chi connectivity index (χ0n) is 12.6. The van der Waals surface area contributed by atoms with Gasteiger partial charge in [-0.1, -0.05) is 41.5 Å². The maximum absolute atomic E-state index is 4.62. The van der Waals surface area contributed by atoms with E-state index >= 15 is 0 Å². The normalized spacial score (nSPS) is 13.3. The Morgan fingerprint density at radius 2 is 1.61 bits per heavy atom. The van der Waals surface area contributed by atoms with Gasteiger partial charge in [0.25, 0.3) is 0 Å². The Kier molecular flexibility index (Phi) is 2.80. The van der Waals surface area contributed by atoms with Crippen molar-refractivity contribution in [2.24, 2.45) is 7.05 Å². The molecule has 0 N–H and O–H groups in total. The largest absolute Gasteiger partial charge is 0.346 e. The summed E-state index contributed by atoms with van der Waals surface area (Å²) in [6.07, 6.45) is 1.89. The van der Waals surface area contributed by atoms with Gasteiger partial charge in [0, 0.05) is 29.9 Å². The van der Waals surface area contributed by atoms with Gasteiger partial charge in [0.05, 0.1) is 11.0 Å². The SMILES string of the molecule is Cn1c(C(C)(C)C)c(C(C)(C)C)c2ncccc21. The average molecular weight is 244 g/mol. The van der Waals surface area contributed by atoms with Gasteiger partial charge in [-0.3, -0.25) is 4.98 Å². The molecule has 2 rings (SSSR count). The van der Waals surface area contributed by atoms with Crippen molar-refractivity contribution in [2.75, 3.05) is 0 Å². The first-order valence-corrected chi connectivity index (χ1v) is 6.58. The fourth-order valence-electron chi connectivity index (χ4n) is 2.85. The highest BCUT2D eigenvalue weighted by atomic mass is 15.0. The van der Waals surface area contributed by atoms with Gasteiger partial charge in [-0.2, -0.15) is 0 Å². The standard InChI is InChI=1S/C16H24N2/c1-15(2,3)12-13-11(9-8-10-17-13)18(7)14(12)16(4,5)6/h8-10H,1-7H3. The minimum absolute atomic E-state index is 0.108. The van der Waals surface area contributed by atoms with Crippen LogP contribution in [0.15, 0.2) is 18.3 Å². The first kappa shape index (κ1) is 13.1. The highest BCUT2D eigenvalue weighted by molar-refractivity contribution is 5.83. The summed E-state index contributed by atoms with van der Waals surface area (Å²) < 4.78 is 2.31. The molecule has 0 bridgehead atoms. The Morgan fingerprint density at radius 1 is 1.00 bits per heavy atom. The van der Waals surface area contributed by atoms with E-state index in [0.29, 0.717) is 0 Å². The van der Waals surface area contributed by atoms with Gasteiger partial charge < -0.3 is 4.57 Å². The minimum Gasteiger partial charge on any atom is -0.346 e. The fourth-order valence-corrected chi connectivity index (χ4v) is 2.85. The number of fused-ring (bicyclic) bond motifs is 1. The zero-order chi connectivity index (χ0) is 13.7. The molecule has 2 aromatic rings. The van der Waals surface area contributed by atoms with Gasteiger partial charge in [0.2, 0.25) is 0 Å². The van der Waals surface area contributed by atoms with E-state index in [9.17, 15) is 0 Å². The molecule has 2 aromatic heterocycles. The third kappa shape index (κ3) is 1.94. The van der Waals surface area contributed by atoms with Gasteiger partial charge in [-0.05, 0) is 17.5 Å². The van der Waals surface area contributed by atoms with E-state index in [1.54, 1.807) is 0 Å². The lowest BCUT2D eigenvalue weighted by molar-refractivity contribution is 0.505. The van der Waals surface area contributed by atoms with Crippen LogP contribution in [0.3, 0.4) is 0 Å². The molecule has 0 aliphatic rings. The van der Waals surface area contributed by atoms with E-state index in [4.69, 9.17) is 0 Å². The Labute approximate surface area is 110 Å². The van der Waals surface area contributed by atoms with Gasteiger partial charge in [-0.25, -0.2) is 0 Å². The molecule has 0 fully saturated rings. The Morgan fingerprint density at radius 3 is 2.11 bits per heavy atom. The average Bonchev–Trinajstić information content (AvgIpc) is 2.52. The molecule has 0 atom stereocenters. The van der Waals surface area contributed by atoms with Gasteiger partial charge in [0.1, 0.15) is 0 Å². The number of aromatic nitrogens is 2. The topological polar surface area (TPSA) is 17.8 Å². The second-order valence-corrected chi connectivity index (χ2v) is 7.15. The lowest BCUT2D eigenvalue weighted by Crippen LogP contribution is -2.23. The minimum atomic E-state index is 0.108. The van der Waals surface area contributed by atoms with Crippen molar-refractivity contribution < 1.29 is 0 Å². The van der Waals surface area contributed by atoms with E-state index in [1.807, 2.05) is 12.3 Å². The summed E-state index contributed by atoms with van der Waals surface area (Å²) in [7, 11) is 2.15. The molecule has 98 valence electrons. The summed E-state index contributed by atoms with van der Waals surface area (Å²) in [5.41, 5.74) is 5.38. The fraction of sp³-hybridized carbons (Fsp3) is 0.562. The van der Waals surface area contributed by atoms with Crippen molar-refractivity contribution in [1.29, 1.82) is 0 Å². The van der Waals surface area contributed by atoms with Crippen LogP contribution in [0.5, 0.6) is 0 Å². The summed E-state index contributed by atoms with van der Waals surface area (Å²) in [6, 6.07) is 4.17. The number of hydrogen-bond acceptors (Lipinski definition) is 1. The summed E-state index contributed by atoms with van der Waals surface area (Å²) >= 11 is 0. The van der Waals surface area contributed by atoms with Crippen molar-refractivity contribution in [3.05, 3.63) is 29.6 Å². The smallest absolute Gasteiger partial charge is 0.0921 e. The van der Waals surface area contributed by atoms with Crippen LogP contribution in [0.4, 0.5) is 0 Å². The summed E-state index contributed by atoms with van der Waals surface area (Å²) in [4.78, 5) is 4.62. The van der Waals surface area contributed by atoms with Crippen LogP contribution < -0.4 is 0 Å². The number of aryl methyl sites for hydroxylation is 1. The molecular weight excluding hydrogens is 220 g/mol. The molecule has 0 spiro atoms. The molecule has 0 saturated carbocycles. The van der Waals surface area contributed by atoms with Gasteiger partial charge in [0.15, 0.2) is 0 Å². The van der Waals surface area contributed by atoms with Crippen LogP contribution in [-0.2, 0) is 17.9 Å². The lowest BCUT2D eigenvalue weighted by Gasteiger charge is -2.28. The number of nitrogens with zero attached hydrogens (tertiary/aromatic N) is 2. The predicted octanol–water partition coefficient (Wildman–Crippen LogP) is 4.17. The van der Waals surface area contributed by atoms with Crippen LogP contribution in [0, 0.1) is 0 Å². The molecular formula is C16H24N2. The maximum atomic E-state index is 4.62. The second kappa shape index (κ2) is 3.84. The van der Waals surface area contributed by atoms with Crippen molar-refractivity contribution >= 4 is 11.0 Å². The van der Waals surface area contributed by atoms with Crippen LogP contribution in [0.2, 0.25) is 0 Å². The monoisotopic (exact) mass is 244 g/mol. The molecule has 0 unspecified atom stereocenters. The number of rotatable bonds is 0. The Hall–Kier alpha value is -1.31. The molecule has 18 heavy (non-hydrogen) atoms.